The van der Waals surface area contributed by atoms with Gasteiger partial charge in [-0.15, -0.1) is 12.4 Å². The Labute approximate surface area is 530 Å². The number of carbonyl (C=O) groups excluding carboxylic acids is 4. The smallest absolute Gasteiger partial charge is 0.408 e. The van der Waals surface area contributed by atoms with Gasteiger partial charge in [-0.1, -0.05) is 135 Å². The number of carbonyl (C=O) groups is 4. The Bertz CT molecular complexity index is 2920. The van der Waals surface area contributed by atoms with Crippen molar-refractivity contribution in [3.8, 4) is 0 Å². The molecule has 1 aromatic heterocycles. The van der Waals surface area contributed by atoms with Crippen molar-refractivity contribution in [3.63, 3.8) is 0 Å². The maximum absolute atomic E-state index is 12.7. The van der Waals surface area contributed by atoms with Crippen molar-refractivity contribution in [2.24, 2.45) is 5.73 Å². The highest BCUT2D eigenvalue weighted by Gasteiger charge is 2.43. The number of benzene rings is 3. The quantitative estimate of drug-likeness (QED) is 0.0920. The van der Waals surface area contributed by atoms with Gasteiger partial charge in [0.2, 0.25) is 0 Å². The van der Waals surface area contributed by atoms with Crippen LogP contribution in [0.25, 0.3) is 0 Å². The second-order valence-electron chi connectivity index (χ2n) is 30.9. The van der Waals surface area contributed by atoms with E-state index in [1.54, 1.807) is 0 Å². The van der Waals surface area contributed by atoms with Crippen molar-refractivity contribution in [2.75, 3.05) is 42.3 Å². The number of hydrogen-bond donors (Lipinski definition) is 4. The highest BCUT2D eigenvalue weighted by atomic mass is 35.5. The van der Waals surface area contributed by atoms with Crippen molar-refractivity contribution in [1.82, 2.24) is 35.5 Å². The molecule has 2 atom stereocenters. The number of aryl methyl sites for hydroxylation is 1. The van der Waals surface area contributed by atoms with Gasteiger partial charge in [-0.3, -0.25) is 24.5 Å². The Kier molecular flexibility index (Phi) is 25.9. The molecule has 0 bridgehead atoms. The summed E-state index contributed by atoms with van der Waals surface area (Å²) in [5.74, 6) is 0.390. The molecule has 2 fully saturated rings. The normalized spacial score (nSPS) is 19.5. The zero-order valence-electron chi connectivity index (χ0n) is 57.9. The fourth-order valence-electron chi connectivity index (χ4n) is 10.9. The van der Waals surface area contributed by atoms with Gasteiger partial charge in [0.1, 0.15) is 17.0 Å². The van der Waals surface area contributed by atoms with E-state index in [0.717, 1.165) is 36.0 Å². The van der Waals surface area contributed by atoms with Crippen LogP contribution in [-0.2, 0) is 69.5 Å². The van der Waals surface area contributed by atoms with Crippen LogP contribution in [-0.4, -0.2) is 114 Å². The molecule has 15 nitrogen and oxygen atoms in total. The number of ether oxygens (including phenoxy) is 3. The molecule has 16 heteroatoms. The number of alkyl carbamates (subject to hydrolysis) is 2. The lowest BCUT2D eigenvalue weighted by molar-refractivity contribution is -0.179. The summed E-state index contributed by atoms with van der Waals surface area (Å²) in [5.41, 5.74) is 14.4. The predicted molar refractivity (Wildman–Crippen MR) is 357 cm³/mol. The summed E-state index contributed by atoms with van der Waals surface area (Å²) in [4.78, 5) is 55.5. The summed E-state index contributed by atoms with van der Waals surface area (Å²) in [5, 5.41) is 13.4. The molecule has 3 aromatic carbocycles. The van der Waals surface area contributed by atoms with Crippen molar-refractivity contribution in [2.45, 2.75) is 245 Å². The molecule has 2 saturated carbocycles. The van der Waals surface area contributed by atoms with Crippen LogP contribution in [0.4, 0.5) is 9.59 Å². The summed E-state index contributed by atoms with van der Waals surface area (Å²) in [6, 6.07) is 25.4. The summed E-state index contributed by atoms with van der Waals surface area (Å²) in [6.07, 6.45) is 9.31. The Balaban J connectivity index is 0.000000314. The third kappa shape index (κ3) is 23.4. The van der Waals surface area contributed by atoms with E-state index in [0.29, 0.717) is 44.9 Å². The number of aromatic amines is 1. The maximum atomic E-state index is 12.7. The van der Waals surface area contributed by atoms with E-state index in [2.05, 4.69) is 152 Å². The first-order valence-electron chi connectivity index (χ1n) is 30.8. The van der Waals surface area contributed by atoms with Crippen molar-refractivity contribution < 1.29 is 33.4 Å². The van der Waals surface area contributed by atoms with E-state index in [9.17, 15) is 19.2 Å². The van der Waals surface area contributed by atoms with Crippen molar-refractivity contribution >= 4 is 36.2 Å². The number of nitrogens with zero attached hydrogens (tertiary/aromatic N) is 4. The molecular formula is C71H113ClN8O7. The molecule has 3 aliphatic carbocycles. The number of halogens is 1. The summed E-state index contributed by atoms with van der Waals surface area (Å²) in [7, 11) is 11.8. The number of Topliss-reactive ketones (excluding diaryl/α,β-unsaturated/α-hetero) is 2. The third-order valence-corrected chi connectivity index (χ3v) is 15.5. The lowest BCUT2D eigenvalue weighted by atomic mass is 9.72. The second-order valence-corrected chi connectivity index (χ2v) is 30.9. The Morgan fingerprint density at radius 1 is 0.575 bits per heavy atom. The number of nitrogens with two attached hydrogens (primary N) is 1. The fraction of sp³-hybridized carbons (Fsp3) is 0.620. The lowest BCUT2D eigenvalue weighted by Gasteiger charge is -2.40. The highest BCUT2D eigenvalue weighted by Crippen LogP contribution is 2.42. The van der Waals surface area contributed by atoms with Crippen LogP contribution >= 0.6 is 12.4 Å². The first kappa shape index (κ1) is 75.7. The number of H-pyrrole nitrogens is 1. The molecule has 0 aliphatic heterocycles. The highest BCUT2D eigenvalue weighted by molar-refractivity contribution is 5.96. The van der Waals surface area contributed by atoms with E-state index >= 15 is 0 Å². The predicted octanol–water partition coefficient (Wildman–Crippen LogP) is 14.4. The van der Waals surface area contributed by atoms with E-state index in [4.69, 9.17) is 19.9 Å². The zero-order chi connectivity index (χ0) is 65.2. The summed E-state index contributed by atoms with van der Waals surface area (Å²) >= 11 is 0. The van der Waals surface area contributed by atoms with E-state index in [-0.39, 0.29) is 57.7 Å². The number of nitrogens with one attached hydrogen (secondary N) is 3. The van der Waals surface area contributed by atoms with Crippen LogP contribution < -0.4 is 16.4 Å². The number of amides is 2. The average molecular weight is 1230 g/mol. The Morgan fingerprint density at radius 3 is 1.39 bits per heavy atom. The number of aromatic nitrogens is 2. The first-order valence-corrected chi connectivity index (χ1v) is 30.8. The van der Waals surface area contributed by atoms with Gasteiger partial charge in [-0.05, 0) is 184 Å². The first-order chi connectivity index (χ1) is 39.3. The van der Waals surface area contributed by atoms with E-state index in [1.165, 1.54) is 33.5 Å². The number of rotatable bonds is 9. The molecule has 87 heavy (non-hydrogen) atoms. The second kappa shape index (κ2) is 29.8. The van der Waals surface area contributed by atoms with Crippen LogP contribution in [0.2, 0.25) is 0 Å². The molecule has 7 rings (SSSR count). The van der Waals surface area contributed by atoms with Crippen molar-refractivity contribution in [1.29, 1.82) is 0 Å². The topological polar surface area (TPSA) is 184 Å². The van der Waals surface area contributed by atoms with Crippen LogP contribution in [0.15, 0.2) is 90.8 Å². The van der Waals surface area contributed by atoms with Gasteiger partial charge in [-0.2, -0.15) is 5.10 Å². The summed E-state index contributed by atoms with van der Waals surface area (Å²) in [6.45, 7) is 37.0. The number of ketones is 2. The Morgan fingerprint density at radius 2 is 0.989 bits per heavy atom. The monoisotopic (exact) mass is 1220 g/mol. The van der Waals surface area contributed by atoms with Crippen LogP contribution in [0.5, 0.6) is 0 Å². The van der Waals surface area contributed by atoms with Crippen molar-refractivity contribution in [3.05, 3.63) is 135 Å². The SMILES string of the molecule is CC(C)(C)OC(=O)NC1(c2cccc(C(C)(C)C)c2)CCC(=O)CC1.CC(C)(C)c1cccc(C2(N)CCc3[nH]ncc3C2)c1.CN(C)/C=C1\CC(NC(=O)OC(C)(C)C)(c2cccc(C(C)(C)C)c2)CCC1=O.CN(C)C(OC(C)(C)C)N(C)C.Cl. The minimum Gasteiger partial charge on any atom is -0.444 e. The minimum absolute atomic E-state index is 0. The van der Waals surface area contributed by atoms with Gasteiger partial charge in [-0.25, -0.2) is 9.59 Å². The largest absolute Gasteiger partial charge is 0.444 e. The lowest BCUT2D eigenvalue weighted by Crippen LogP contribution is -2.50. The van der Waals surface area contributed by atoms with Crippen LogP contribution in [0.3, 0.4) is 0 Å². The maximum Gasteiger partial charge on any atom is 0.408 e. The third-order valence-electron chi connectivity index (χ3n) is 15.5. The molecule has 0 spiro atoms. The zero-order valence-corrected chi connectivity index (χ0v) is 58.7. The molecule has 486 valence electrons. The van der Waals surface area contributed by atoms with E-state index < -0.39 is 34.5 Å². The van der Waals surface area contributed by atoms with Gasteiger partial charge in [0.15, 0.2) is 12.1 Å². The van der Waals surface area contributed by atoms with Gasteiger partial charge in [0.05, 0.1) is 22.9 Å². The minimum atomic E-state index is -0.681. The van der Waals surface area contributed by atoms with Crippen LogP contribution in [0, 0.1) is 0 Å². The Hall–Kier alpha value is -5.58. The molecule has 2 amide bonds. The molecule has 0 saturated heterocycles. The molecule has 3 aliphatic rings. The van der Waals surface area contributed by atoms with Gasteiger partial charge in [0, 0.05) is 62.8 Å². The standard InChI is InChI=1S/C24H36N2O3.C21H31NO3.C17H23N3.C9H22N2O.ClH/c1-22(2,3)18-10-9-11-19(14-18)24(25-21(28)29-23(4,5)6)13-12-20(27)17(15-24)16-26(7)8;1-19(2,3)15-8-7-9-16(14-15)21(12-10-17(23)11-13-21)22-18(24)25-20(4,5)6;1-16(2,3)13-5-4-6-14(9-13)17(18)8-7-15-12(10-17)11-19-20-15;1-9(2,3)12-8(10(4)5)11(6)7;/h9-11,14,16H,12-13,15H2,1-8H3,(H,25,28);7-9,14H,10-13H2,1-6H3,(H,22,24);4-6,9,11H,7-8,10,18H2,1-3H3,(H,19,20);8H,1-7H3;1H/b17-16+;;;;. The summed E-state index contributed by atoms with van der Waals surface area (Å²) < 4.78 is 16.9. The molecule has 2 unspecified atom stereocenters. The fourth-order valence-corrected chi connectivity index (χ4v) is 10.9. The van der Waals surface area contributed by atoms with E-state index in [1.807, 2.05) is 135 Å². The molecule has 5 N–H and O–H groups in total. The average Bonchev–Trinajstić information content (AvgIpc) is 4.08. The molecule has 0 radical (unpaired) electrons. The molecule has 1 heterocycles. The van der Waals surface area contributed by atoms with Gasteiger partial charge in [0.25, 0.3) is 0 Å². The van der Waals surface area contributed by atoms with Gasteiger partial charge >= 0.3 is 12.2 Å². The van der Waals surface area contributed by atoms with Crippen LogP contribution in [0.1, 0.15) is 221 Å². The number of fused-ring (bicyclic) bond motifs is 1. The number of hydrogen-bond acceptors (Lipinski definition) is 12. The molecular weight excluding hydrogens is 1110 g/mol. The van der Waals surface area contributed by atoms with Gasteiger partial charge < -0.3 is 35.5 Å². The molecule has 4 aromatic rings.